The average molecular weight is 295 g/mol. The van der Waals surface area contributed by atoms with E-state index in [1.165, 1.54) is 11.9 Å². The molecule has 1 aliphatic heterocycles. The van der Waals surface area contributed by atoms with Gasteiger partial charge >= 0.3 is 0 Å². The molecule has 0 saturated carbocycles. The van der Waals surface area contributed by atoms with Crippen molar-refractivity contribution in [1.82, 2.24) is 4.72 Å². The molecule has 2 atom stereocenters. The standard InChI is InChI=1S/C9H11ClN2OS3/c1-3-5(2)16(13)9-11-7-6(10)4-14-8(7)15-12-9/h4-5H,3H2,1-2H3,(H,11,12). The second-order valence-corrected chi connectivity index (χ2v) is 7.51. The number of rotatable bonds is 2. The van der Waals surface area contributed by atoms with Crippen LogP contribution in [0, 0.1) is 0 Å². The van der Waals surface area contributed by atoms with Crippen LogP contribution in [0.1, 0.15) is 20.3 Å². The van der Waals surface area contributed by atoms with Gasteiger partial charge in [-0.05, 0) is 18.4 Å². The van der Waals surface area contributed by atoms with Gasteiger partial charge in [0.05, 0.1) is 15.8 Å². The highest BCUT2D eigenvalue weighted by Crippen LogP contribution is 2.43. The molecule has 0 amide bonds. The minimum atomic E-state index is -1.09. The van der Waals surface area contributed by atoms with Crippen LogP contribution in [0.25, 0.3) is 0 Å². The molecule has 0 fully saturated rings. The number of nitrogens with one attached hydrogen (secondary N) is 1. The van der Waals surface area contributed by atoms with Crippen molar-refractivity contribution in [2.45, 2.75) is 29.7 Å². The SMILES string of the molecule is CCC(C)S(=O)C1=Nc2c(Cl)csc2SN1. The Bertz CT molecular complexity index is 458. The van der Waals surface area contributed by atoms with Crippen molar-refractivity contribution >= 4 is 56.5 Å². The van der Waals surface area contributed by atoms with Gasteiger partial charge in [-0.1, -0.05) is 25.4 Å². The Balaban J connectivity index is 2.30. The van der Waals surface area contributed by atoms with Gasteiger partial charge in [0.25, 0.3) is 0 Å². The van der Waals surface area contributed by atoms with E-state index in [1.54, 1.807) is 11.3 Å². The van der Waals surface area contributed by atoms with Crippen LogP contribution in [-0.2, 0) is 10.8 Å². The van der Waals surface area contributed by atoms with E-state index in [2.05, 4.69) is 9.71 Å². The van der Waals surface area contributed by atoms with Crippen LogP contribution in [0.4, 0.5) is 5.69 Å². The molecule has 1 aromatic rings. The molecule has 2 unspecified atom stereocenters. The molecular formula is C9H11ClN2OS3. The summed E-state index contributed by atoms with van der Waals surface area (Å²) in [6.07, 6.45) is 0.863. The third kappa shape index (κ3) is 2.30. The Morgan fingerprint density at radius 3 is 3.12 bits per heavy atom. The minimum Gasteiger partial charge on any atom is -0.302 e. The molecule has 88 valence electrons. The van der Waals surface area contributed by atoms with Gasteiger partial charge in [0, 0.05) is 10.6 Å². The summed E-state index contributed by atoms with van der Waals surface area (Å²) >= 11 is 8.98. The van der Waals surface area contributed by atoms with Crippen molar-refractivity contribution in [3.05, 3.63) is 10.4 Å². The normalized spacial score (nSPS) is 18.3. The molecule has 16 heavy (non-hydrogen) atoms. The zero-order chi connectivity index (χ0) is 11.7. The van der Waals surface area contributed by atoms with Crippen molar-refractivity contribution in [2.75, 3.05) is 0 Å². The molecule has 1 N–H and O–H groups in total. The quantitative estimate of drug-likeness (QED) is 0.848. The van der Waals surface area contributed by atoms with Crippen LogP contribution in [0.3, 0.4) is 0 Å². The number of nitrogens with zero attached hydrogens (tertiary/aromatic N) is 1. The second kappa shape index (κ2) is 5.08. The van der Waals surface area contributed by atoms with E-state index in [4.69, 9.17) is 11.6 Å². The molecule has 1 aromatic heterocycles. The maximum atomic E-state index is 12.0. The lowest BCUT2D eigenvalue weighted by molar-refractivity contribution is 0.677. The van der Waals surface area contributed by atoms with Crippen LogP contribution in [0.15, 0.2) is 14.6 Å². The highest BCUT2D eigenvalue weighted by Gasteiger charge is 2.23. The van der Waals surface area contributed by atoms with Crippen LogP contribution < -0.4 is 4.72 Å². The summed E-state index contributed by atoms with van der Waals surface area (Å²) in [6, 6.07) is 0. The number of fused-ring (bicyclic) bond motifs is 1. The van der Waals surface area contributed by atoms with Crippen molar-refractivity contribution in [2.24, 2.45) is 4.99 Å². The van der Waals surface area contributed by atoms with Gasteiger partial charge in [-0.3, -0.25) is 4.21 Å². The van der Waals surface area contributed by atoms with E-state index in [9.17, 15) is 4.21 Å². The molecule has 1 aliphatic rings. The lowest BCUT2D eigenvalue weighted by Crippen LogP contribution is -2.28. The van der Waals surface area contributed by atoms with E-state index in [0.29, 0.717) is 10.2 Å². The summed E-state index contributed by atoms with van der Waals surface area (Å²) in [7, 11) is -1.09. The van der Waals surface area contributed by atoms with E-state index in [-0.39, 0.29) is 5.25 Å². The maximum Gasteiger partial charge on any atom is 0.203 e. The number of aliphatic imine (C=N–C) groups is 1. The van der Waals surface area contributed by atoms with E-state index < -0.39 is 10.8 Å². The lowest BCUT2D eigenvalue weighted by Gasteiger charge is -2.16. The van der Waals surface area contributed by atoms with Gasteiger partial charge in [-0.2, -0.15) is 0 Å². The summed E-state index contributed by atoms with van der Waals surface area (Å²) in [5.74, 6) is 0. The zero-order valence-corrected chi connectivity index (χ0v) is 12.0. The highest BCUT2D eigenvalue weighted by molar-refractivity contribution is 8.06. The molecule has 2 heterocycles. The fraction of sp³-hybridized carbons (Fsp3) is 0.444. The van der Waals surface area contributed by atoms with E-state index in [0.717, 1.165) is 16.3 Å². The third-order valence-corrected chi connectivity index (χ3v) is 6.42. The van der Waals surface area contributed by atoms with Gasteiger partial charge in [0.2, 0.25) is 5.17 Å². The lowest BCUT2D eigenvalue weighted by atomic mass is 10.4. The first kappa shape index (κ1) is 12.4. The molecule has 0 aromatic carbocycles. The van der Waals surface area contributed by atoms with E-state index >= 15 is 0 Å². The van der Waals surface area contributed by atoms with Gasteiger partial charge in [-0.25, -0.2) is 4.99 Å². The third-order valence-electron chi connectivity index (χ3n) is 2.26. The fourth-order valence-corrected chi connectivity index (χ4v) is 4.36. The summed E-state index contributed by atoms with van der Waals surface area (Å²) in [5.41, 5.74) is 0.752. The highest BCUT2D eigenvalue weighted by atomic mass is 35.5. The number of hydrogen-bond donors (Lipinski definition) is 1. The zero-order valence-electron chi connectivity index (χ0n) is 8.82. The Labute approximate surface area is 110 Å². The molecule has 7 heteroatoms. The molecule has 0 aliphatic carbocycles. The summed E-state index contributed by atoms with van der Waals surface area (Å²) in [5, 5.41) is 3.10. The van der Waals surface area contributed by atoms with Crippen LogP contribution in [-0.4, -0.2) is 14.6 Å². The first-order chi connectivity index (χ1) is 7.63. The minimum absolute atomic E-state index is 0.103. The van der Waals surface area contributed by atoms with Gasteiger partial charge < -0.3 is 4.72 Å². The molecule has 0 radical (unpaired) electrons. The topological polar surface area (TPSA) is 41.5 Å². The number of halogens is 1. The molecular weight excluding hydrogens is 284 g/mol. The largest absolute Gasteiger partial charge is 0.302 e. The average Bonchev–Trinajstić information content (AvgIpc) is 2.68. The summed E-state index contributed by atoms with van der Waals surface area (Å²) < 4.78 is 16.1. The van der Waals surface area contributed by atoms with E-state index in [1.807, 2.05) is 19.2 Å². The van der Waals surface area contributed by atoms with Crippen molar-refractivity contribution in [1.29, 1.82) is 0 Å². The fourth-order valence-electron chi connectivity index (χ4n) is 1.13. The Morgan fingerprint density at radius 2 is 2.44 bits per heavy atom. The number of hydrogen-bond acceptors (Lipinski definition) is 5. The molecule has 3 nitrogen and oxygen atoms in total. The Hall–Kier alpha value is -0.0400. The second-order valence-electron chi connectivity index (χ2n) is 3.36. The Morgan fingerprint density at radius 1 is 1.69 bits per heavy atom. The molecule has 0 saturated heterocycles. The van der Waals surface area contributed by atoms with Crippen LogP contribution in [0.2, 0.25) is 5.02 Å². The van der Waals surface area contributed by atoms with Gasteiger partial charge in [0.15, 0.2) is 0 Å². The van der Waals surface area contributed by atoms with Crippen molar-refractivity contribution in [3.8, 4) is 0 Å². The number of amidine groups is 1. The van der Waals surface area contributed by atoms with Crippen molar-refractivity contribution < 1.29 is 4.21 Å². The van der Waals surface area contributed by atoms with Gasteiger partial charge in [0.1, 0.15) is 9.90 Å². The van der Waals surface area contributed by atoms with Crippen LogP contribution >= 0.6 is 34.9 Å². The monoisotopic (exact) mass is 294 g/mol. The first-order valence-corrected chi connectivity index (χ1v) is 8.11. The predicted octanol–water partition coefficient (Wildman–Crippen LogP) is 3.55. The smallest absolute Gasteiger partial charge is 0.203 e. The first-order valence-electron chi connectivity index (χ1n) is 4.82. The molecule has 2 rings (SSSR count). The van der Waals surface area contributed by atoms with Gasteiger partial charge in [-0.15, -0.1) is 11.3 Å². The molecule has 0 spiro atoms. The summed E-state index contributed by atoms with van der Waals surface area (Å²) in [6.45, 7) is 3.97. The number of thiophene rings is 1. The maximum absolute atomic E-state index is 12.0. The summed E-state index contributed by atoms with van der Waals surface area (Å²) in [4.78, 5) is 4.34. The van der Waals surface area contributed by atoms with Crippen molar-refractivity contribution in [3.63, 3.8) is 0 Å². The predicted molar refractivity (Wildman–Crippen MR) is 73.3 cm³/mol. The Kier molecular flexibility index (Phi) is 3.94. The molecule has 0 bridgehead atoms. The van der Waals surface area contributed by atoms with Crippen LogP contribution in [0.5, 0.6) is 0 Å².